The number of rotatable bonds is 5. The van der Waals surface area contributed by atoms with Gasteiger partial charge in [-0.15, -0.1) is 0 Å². The number of methoxy groups -OCH3 is 1. The standard InChI is InChI=1S/C15H17N5O3/c1-3-12-17-15-18-14(22)11(20(15)19-12)8-13(21)16-9-4-6-10(23-2)7-5-9/h4-7,11H,3,8H2,1-2H3,(H,16,21)(H,17,18,19,22). The van der Waals surface area contributed by atoms with E-state index in [1.807, 2.05) is 6.92 Å². The average Bonchev–Trinajstić information content (AvgIpc) is 3.07. The van der Waals surface area contributed by atoms with Gasteiger partial charge in [0.1, 0.15) is 11.8 Å². The minimum atomic E-state index is -0.670. The molecule has 0 bridgehead atoms. The highest BCUT2D eigenvalue weighted by atomic mass is 16.5. The molecule has 0 saturated carbocycles. The first kappa shape index (κ1) is 15.0. The van der Waals surface area contributed by atoms with Crippen LogP contribution >= 0.6 is 0 Å². The van der Waals surface area contributed by atoms with Crippen LogP contribution in [0.3, 0.4) is 0 Å². The van der Waals surface area contributed by atoms with Gasteiger partial charge in [-0.3, -0.25) is 14.9 Å². The van der Waals surface area contributed by atoms with Crippen molar-refractivity contribution in [2.75, 3.05) is 17.7 Å². The molecule has 0 fully saturated rings. The Labute approximate surface area is 132 Å². The Hall–Kier alpha value is -2.90. The number of ether oxygens (including phenoxy) is 1. The highest BCUT2D eigenvalue weighted by Crippen LogP contribution is 2.25. The topological polar surface area (TPSA) is 98.1 Å². The van der Waals surface area contributed by atoms with Crippen molar-refractivity contribution >= 4 is 23.5 Å². The van der Waals surface area contributed by atoms with Crippen LogP contribution in [-0.2, 0) is 16.0 Å². The molecule has 1 unspecified atom stereocenters. The SMILES string of the molecule is CCc1nc2n(n1)C(CC(=O)Nc1ccc(OC)cc1)C(=O)N2. The molecular weight excluding hydrogens is 298 g/mol. The van der Waals surface area contributed by atoms with Crippen molar-refractivity contribution in [1.82, 2.24) is 14.8 Å². The normalized spacial score (nSPS) is 15.9. The number of aryl methyl sites for hydroxylation is 1. The number of benzene rings is 1. The van der Waals surface area contributed by atoms with Crippen LogP contribution in [0.4, 0.5) is 11.6 Å². The van der Waals surface area contributed by atoms with Gasteiger partial charge in [0.05, 0.1) is 13.5 Å². The minimum absolute atomic E-state index is 0.00260. The number of amides is 2. The molecule has 0 aliphatic carbocycles. The number of nitrogens with one attached hydrogen (secondary N) is 2. The van der Waals surface area contributed by atoms with E-state index in [9.17, 15) is 9.59 Å². The zero-order valence-electron chi connectivity index (χ0n) is 12.9. The van der Waals surface area contributed by atoms with E-state index >= 15 is 0 Å². The second kappa shape index (κ2) is 6.07. The molecule has 1 aromatic heterocycles. The number of fused-ring (bicyclic) bond motifs is 1. The fourth-order valence-electron chi connectivity index (χ4n) is 2.37. The smallest absolute Gasteiger partial charge is 0.252 e. The lowest BCUT2D eigenvalue weighted by Crippen LogP contribution is -2.23. The summed E-state index contributed by atoms with van der Waals surface area (Å²) in [6.45, 7) is 1.93. The molecule has 8 nitrogen and oxygen atoms in total. The van der Waals surface area contributed by atoms with Crippen molar-refractivity contribution in [3.63, 3.8) is 0 Å². The number of nitrogens with zero attached hydrogens (tertiary/aromatic N) is 3. The molecule has 1 aliphatic heterocycles. The first-order valence-electron chi connectivity index (χ1n) is 7.31. The molecular formula is C15H17N5O3. The van der Waals surface area contributed by atoms with E-state index in [1.165, 1.54) is 4.68 Å². The number of anilines is 2. The van der Waals surface area contributed by atoms with E-state index in [0.29, 0.717) is 29.6 Å². The lowest BCUT2D eigenvalue weighted by atomic mass is 10.2. The third-order valence-corrected chi connectivity index (χ3v) is 3.58. The molecule has 23 heavy (non-hydrogen) atoms. The Bertz CT molecular complexity index is 738. The molecule has 2 heterocycles. The average molecular weight is 315 g/mol. The van der Waals surface area contributed by atoms with Crippen LogP contribution in [0.15, 0.2) is 24.3 Å². The number of carbonyl (C=O) groups excluding carboxylic acids is 2. The first-order valence-corrected chi connectivity index (χ1v) is 7.31. The van der Waals surface area contributed by atoms with Gasteiger partial charge in [-0.1, -0.05) is 6.92 Å². The summed E-state index contributed by atoms with van der Waals surface area (Å²) in [6.07, 6.45) is 0.665. The summed E-state index contributed by atoms with van der Waals surface area (Å²) in [5.41, 5.74) is 0.641. The van der Waals surface area contributed by atoms with Crippen LogP contribution in [0.25, 0.3) is 0 Å². The van der Waals surface area contributed by atoms with E-state index in [0.717, 1.165) is 0 Å². The van der Waals surface area contributed by atoms with E-state index in [1.54, 1.807) is 31.4 Å². The lowest BCUT2D eigenvalue weighted by Gasteiger charge is -2.10. The summed E-state index contributed by atoms with van der Waals surface area (Å²) in [6, 6.07) is 6.31. The van der Waals surface area contributed by atoms with Crippen LogP contribution < -0.4 is 15.4 Å². The molecule has 120 valence electrons. The molecule has 0 radical (unpaired) electrons. The fourth-order valence-corrected chi connectivity index (χ4v) is 2.37. The van der Waals surface area contributed by atoms with Gasteiger partial charge in [-0.05, 0) is 24.3 Å². The molecule has 1 atom stereocenters. The molecule has 2 aromatic rings. The monoisotopic (exact) mass is 315 g/mol. The predicted octanol–water partition coefficient (Wildman–Crippen LogP) is 1.37. The molecule has 1 aromatic carbocycles. The number of aromatic nitrogens is 3. The second-order valence-electron chi connectivity index (χ2n) is 5.14. The lowest BCUT2D eigenvalue weighted by molar-refractivity contribution is -0.123. The summed E-state index contributed by atoms with van der Waals surface area (Å²) in [4.78, 5) is 28.3. The van der Waals surface area contributed by atoms with Gasteiger partial charge in [-0.2, -0.15) is 10.1 Å². The summed E-state index contributed by atoms with van der Waals surface area (Å²) in [5.74, 6) is 1.21. The Morgan fingerprint density at radius 1 is 1.39 bits per heavy atom. The van der Waals surface area contributed by atoms with E-state index in [4.69, 9.17) is 4.74 Å². The summed E-state index contributed by atoms with van der Waals surface area (Å²) >= 11 is 0. The third-order valence-electron chi connectivity index (χ3n) is 3.58. The van der Waals surface area contributed by atoms with Gasteiger partial charge < -0.3 is 10.1 Å². The van der Waals surface area contributed by atoms with Crippen molar-refractivity contribution in [3.8, 4) is 5.75 Å². The van der Waals surface area contributed by atoms with Crippen molar-refractivity contribution in [2.45, 2.75) is 25.8 Å². The molecule has 8 heteroatoms. The maximum atomic E-state index is 12.2. The van der Waals surface area contributed by atoms with Crippen LogP contribution in [0.1, 0.15) is 25.2 Å². The first-order chi connectivity index (χ1) is 11.1. The maximum absolute atomic E-state index is 12.2. The van der Waals surface area contributed by atoms with Gasteiger partial charge in [0.15, 0.2) is 5.82 Å². The molecule has 2 amide bonds. The van der Waals surface area contributed by atoms with E-state index < -0.39 is 6.04 Å². The van der Waals surface area contributed by atoms with Gasteiger partial charge in [0.2, 0.25) is 11.9 Å². The summed E-state index contributed by atoms with van der Waals surface area (Å²) in [5, 5.41) is 9.65. The quantitative estimate of drug-likeness (QED) is 0.868. The second-order valence-corrected chi connectivity index (χ2v) is 5.14. The van der Waals surface area contributed by atoms with Gasteiger partial charge in [-0.25, -0.2) is 4.68 Å². The minimum Gasteiger partial charge on any atom is -0.497 e. The Morgan fingerprint density at radius 2 is 2.13 bits per heavy atom. The van der Waals surface area contributed by atoms with Crippen LogP contribution in [0, 0.1) is 0 Å². The van der Waals surface area contributed by atoms with Gasteiger partial charge in [0, 0.05) is 12.1 Å². The third kappa shape index (κ3) is 3.01. The van der Waals surface area contributed by atoms with Crippen LogP contribution in [0.5, 0.6) is 5.75 Å². The largest absolute Gasteiger partial charge is 0.497 e. The molecule has 0 spiro atoms. The highest BCUT2D eigenvalue weighted by molar-refractivity contribution is 6.00. The number of hydrogen-bond acceptors (Lipinski definition) is 5. The molecule has 1 aliphatic rings. The van der Waals surface area contributed by atoms with Crippen LogP contribution in [0.2, 0.25) is 0 Å². The summed E-state index contributed by atoms with van der Waals surface area (Å²) in [7, 11) is 1.58. The Balaban J connectivity index is 1.67. The Kier molecular flexibility index (Phi) is 3.96. The van der Waals surface area contributed by atoms with E-state index in [2.05, 4.69) is 20.7 Å². The molecule has 3 rings (SSSR count). The Morgan fingerprint density at radius 3 is 2.78 bits per heavy atom. The fraction of sp³-hybridized carbons (Fsp3) is 0.333. The number of hydrogen-bond donors (Lipinski definition) is 2. The van der Waals surface area contributed by atoms with Crippen molar-refractivity contribution in [3.05, 3.63) is 30.1 Å². The van der Waals surface area contributed by atoms with Crippen molar-refractivity contribution in [1.29, 1.82) is 0 Å². The zero-order valence-corrected chi connectivity index (χ0v) is 12.9. The molecule has 0 saturated heterocycles. The van der Waals surface area contributed by atoms with E-state index in [-0.39, 0.29) is 18.2 Å². The predicted molar refractivity (Wildman–Crippen MR) is 83.3 cm³/mol. The highest BCUT2D eigenvalue weighted by Gasteiger charge is 2.34. The summed E-state index contributed by atoms with van der Waals surface area (Å²) < 4.78 is 6.54. The molecule has 2 N–H and O–H groups in total. The zero-order chi connectivity index (χ0) is 16.4. The van der Waals surface area contributed by atoms with Gasteiger partial charge >= 0.3 is 0 Å². The van der Waals surface area contributed by atoms with Crippen molar-refractivity contribution < 1.29 is 14.3 Å². The van der Waals surface area contributed by atoms with Crippen LogP contribution in [-0.4, -0.2) is 33.7 Å². The maximum Gasteiger partial charge on any atom is 0.252 e. The van der Waals surface area contributed by atoms with Crippen molar-refractivity contribution in [2.24, 2.45) is 0 Å². The number of carbonyl (C=O) groups is 2. The van der Waals surface area contributed by atoms with Gasteiger partial charge in [0.25, 0.3) is 5.91 Å².